The summed E-state index contributed by atoms with van der Waals surface area (Å²) in [7, 11) is 1.61. The van der Waals surface area contributed by atoms with Crippen molar-refractivity contribution in [3.63, 3.8) is 0 Å². The SMILES string of the molecule is COc1ccc([C@@H](C)NC(=O)[C@H](CCCN=C(N)N)NC(=O)C(c2ccccc2)c2ccccc2)cc1.Cl. The quantitative estimate of drug-likeness (QED) is 0.159. The molecule has 0 aromatic heterocycles. The second-order valence-electron chi connectivity index (χ2n) is 8.77. The number of guanidine groups is 1. The van der Waals surface area contributed by atoms with E-state index in [0.29, 0.717) is 19.4 Å². The zero-order valence-electron chi connectivity index (χ0n) is 21.7. The number of benzene rings is 3. The number of nitrogens with one attached hydrogen (secondary N) is 2. The Kier molecular flexibility index (Phi) is 12.1. The minimum Gasteiger partial charge on any atom is -0.497 e. The molecule has 0 radical (unpaired) electrons. The molecule has 3 aromatic carbocycles. The van der Waals surface area contributed by atoms with Crippen molar-refractivity contribution in [3.05, 3.63) is 102 Å². The second-order valence-corrected chi connectivity index (χ2v) is 8.77. The predicted molar refractivity (Wildman–Crippen MR) is 153 cm³/mol. The number of ether oxygens (including phenoxy) is 1. The first kappa shape index (κ1) is 30.2. The highest BCUT2D eigenvalue weighted by molar-refractivity contribution is 5.92. The van der Waals surface area contributed by atoms with Crippen LogP contribution in [0.2, 0.25) is 0 Å². The fraction of sp³-hybridized carbons (Fsp3) is 0.276. The molecule has 0 aliphatic carbocycles. The molecule has 0 saturated heterocycles. The van der Waals surface area contributed by atoms with E-state index in [-0.39, 0.29) is 36.2 Å². The van der Waals surface area contributed by atoms with E-state index in [1.807, 2.05) is 91.9 Å². The van der Waals surface area contributed by atoms with Crippen molar-refractivity contribution in [1.82, 2.24) is 10.6 Å². The van der Waals surface area contributed by atoms with Crippen LogP contribution in [0.1, 0.15) is 48.4 Å². The molecule has 0 fully saturated rings. The molecule has 0 unspecified atom stereocenters. The Hall–Kier alpha value is -4.04. The van der Waals surface area contributed by atoms with Crippen LogP contribution < -0.4 is 26.8 Å². The van der Waals surface area contributed by atoms with Crippen LogP contribution in [-0.2, 0) is 9.59 Å². The molecule has 3 aromatic rings. The maximum absolute atomic E-state index is 13.7. The first-order valence-corrected chi connectivity index (χ1v) is 12.3. The van der Waals surface area contributed by atoms with Crippen LogP contribution in [0.25, 0.3) is 0 Å². The second kappa shape index (κ2) is 15.3. The molecule has 0 saturated carbocycles. The summed E-state index contributed by atoms with van der Waals surface area (Å²) in [4.78, 5) is 31.0. The molecule has 0 aliphatic rings. The van der Waals surface area contributed by atoms with Crippen molar-refractivity contribution in [2.24, 2.45) is 16.5 Å². The minimum absolute atomic E-state index is 0. The lowest BCUT2D eigenvalue weighted by atomic mass is 9.90. The summed E-state index contributed by atoms with van der Waals surface area (Å²) < 4.78 is 5.22. The molecule has 6 N–H and O–H groups in total. The van der Waals surface area contributed by atoms with Gasteiger partial charge in [0.05, 0.1) is 19.1 Å². The average Bonchev–Trinajstić information content (AvgIpc) is 2.91. The third-order valence-corrected chi connectivity index (χ3v) is 6.08. The van der Waals surface area contributed by atoms with Gasteiger partial charge in [0, 0.05) is 6.54 Å². The number of halogens is 1. The van der Waals surface area contributed by atoms with Crippen LogP contribution >= 0.6 is 12.4 Å². The van der Waals surface area contributed by atoms with Crippen LogP contribution in [0.4, 0.5) is 0 Å². The number of carbonyl (C=O) groups is 2. The number of hydrogen-bond donors (Lipinski definition) is 4. The first-order chi connectivity index (χ1) is 17.9. The van der Waals surface area contributed by atoms with E-state index < -0.39 is 12.0 Å². The van der Waals surface area contributed by atoms with Crippen molar-refractivity contribution in [1.29, 1.82) is 0 Å². The van der Waals surface area contributed by atoms with Crippen molar-refractivity contribution < 1.29 is 14.3 Å². The standard InChI is InChI=1S/C29H35N5O3.ClH/c1-20(21-15-17-24(37-2)18-16-21)33-27(35)25(14-9-19-32-29(30)31)34-28(36)26(22-10-5-3-6-11-22)23-12-7-4-8-13-23;/h3-8,10-13,15-18,20,25-26H,9,14,19H2,1-2H3,(H,33,35)(H,34,36)(H4,30,31,32);1H/t20-,25+;/m1./s1. The number of nitrogens with two attached hydrogens (primary N) is 2. The summed E-state index contributed by atoms with van der Waals surface area (Å²) in [5.41, 5.74) is 13.5. The Morgan fingerprint density at radius 2 is 1.37 bits per heavy atom. The third kappa shape index (κ3) is 8.81. The molecule has 8 nitrogen and oxygen atoms in total. The molecule has 0 spiro atoms. The lowest BCUT2D eigenvalue weighted by Gasteiger charge is -2.25. The average molecular weight is 538 g/mol. The summed E-state index contributed by atoms with van der Waals surface area (Å²) in [5.74, 6) is -0.362. The Bertz CT molecular complexity index is 1130. The van der Waals surface area contributed by atoms with Gasteiger partial charge in [-0.15, -0.1) is 12.4 Å². The zero-order chi connectivity index (χ0) is 26.6. The number of methoxy groups -OCH3 is 1. The number of nitrogens with zero attached hydrogens (tertiary/aromatic N) is 1. The maximum atomic E-state index is 13.7. The van der Waals surface area contributed by atoms with Crippen LogP contribution in [-0.4, -0.2) is 37.5 Å². The number of amides is 2. The van der Waals surface area contributed by atoms with Gasteiger partial charge in [-0.2, -0.15) is 0 Å². The van der Waals surface area contributed by atoms with Gasteiger partial charge >= 0.3 is 0 Å². The summed E-state index contributed by atoms with van der Waals surface area (Å²) in [6.07, 6.45) is 0.897. The smallest absolute Gasteiger partial charge is 0.243 e. The molecule has 38 heavy (non-hydrogen) atoms. The van der Waals surface area contributed by atoms with Gasteiger partial charge in [-0.3, -0.25) is 14.6 Å². The maximum Gasteiger partial charge on any atom is 0.243 e. The van der Waals surface area contributed by atoms with Gasteiger partial charge < -0.3 is 26.8 Å². The van der Waals surface area contributed by atoms with Crippen LogP contribution in [0.15, 0.2) is 89.9 Å². The Morgan fingerprint density at radius 3 is 1.87 bits per heavy atom. The summed E-state index contributed by atoms with van der Waals surface area (Å²) in [6.45, 7) is 2.26. The van der Waals surface area contributed by atoms with E-state index >= 15 is 0 Å². The Labute approximate surface area is 230 Å². The molecule has 9 heteroatoms. The van der Waals surface area contributed by atoms with Crippen molar-refractivity contribution in [3.8, 4) is 5.75 Å². The highest BCUT2D eigenvalue weighted by atomic mass is 35.5. The van der Waals surface area contributed by atoms with Crippen LogP contribution in [0.5, 0.6) is 5.75 Å². The van der Waals surface area contributed by atoms with Gasteiger partial charge in [0.15, 0.2) is 5.96 Å². The summed E-state index contributed by atoms with van der Waals surface area (Å²) in [5, 5.41) is 6.02. The number of rotatable bonds is 12. The largest absolute Gasteiger partial charge is 0.497 e. The van der Waals surface area contributed by atoms with E-state index in [2.05, 4.69) is 15.6 Å². The normalized spacial score (nSPS) is 12.0. The van der Waals surface area contributed by atoms with Gasteiger partial charge in [-0.05, 0) is 48.6 Å². The fourth-order valence-corrected chi connectivity index (χ4v) is 4.10. The zero-order valence-corrected chi connectivity index (χ0v) is 22.5. The van der Waals surface area contributed by atoms with Crippen molar-refractivity contribution in [2.75, 3.05) is 13.7 Å². The molecule has 3 rings (SSSR count). The Morgan fingerprint density at radius 1 is 0.816 bits per heavy atom. The van der Waals surface area contributed by atoms with E-state index in [9.17, 15) is 9.59 Å². The lowest BCUT2D eigenvalue weighted by Crippen LogP contribution is -2.48. The Balaban J connectivity index is 0.00000507. The third-order valence-electron chi connectivity index (χ3n) is 6.08. The van der Waals surface area contributed by atoms with Gasteiger partial charge in [0.2, 0.25) is 11.8 Å². The molecule has 2 atom stereocenters. The first-order valence-electron chi connectivity index (χ1n) is 12.3. The van der Waals surface area contributed by atoms with Gasteiger partial charge in [0.25, 0.3) is 0 Å². The monoisotopic (exact) mass is 537 g/mol. The summed E-state index contributed by atoms with van der Waals surface area (Å²) in [6, 6.07) is 25.5. The lowest BCUT2D eigenvalue weighted by molar-refractivity contribution is -0.129. The van der Waals surface area contributed by atoms with Crippen LogP contribution in [0, 0.1) is 0 Å². The number of aliphatic imine (C=N–C) groups is 1. The predicted octanol–water partition coefficient (Wildman–Crippen LogP) is 3.66. The molecular formula is C29H36ClN5O3. The summed E-state index contributed by atoms with van der Waals surface area (Å²) >= 11 is 0. The highest BCUT2D eigenvalue weighted by Crippen LogP contribution is 2.25. The molecule has 202 valence electrons. The van der Waals surface area contributed by atoms with Crippen molar-refractivity contribution >= 4 is 30.2 Å². The minimum atomic E-state index is -0.766. The molecule has 2 amide bonds. The highest BCUT2D eigenvalue weighted by Gasteiger charge is 2.28. The van der Waals surface area contributed by atoms with Crippen LogP contribution in [0.3, 0.4) is 0 Å². The fourth-order valence-electron chi connectivity index (χ4n) is 4.10. The van der Waals surface area contributed by atoms with E-state index in [1.54, 1.807) is 7.11 Å². The number of carbonyl (C=O) groups excluding carboxylic acids is 2. The van der Waals surface area contributed by atoms with E-state index in [1.165, 1.54) is 0 Å². The number of hydrogen-bond acceptors (Lipinski definition) is 4. The topological polar surface area (TPSA) is 132 Å². The van der Waals surface area contributed by atoms with Gasteiger partial charge in [0.1, 0.15) is 11.8 Å². The van der Waals surface area contributed by atoms with E-state index in [4.69, 9.17) is 16.2 Å². The van der Waals surface area contributed by atoms with Crippen molar-refractivity contribution in [2.45, 2.75) is 37.8 Å². The van der Waals surface area contributed by atoms with Gasteiger partial charge in [-0.25, -0.2) is 0 Å². The van der Waals surface area contributed by atoms with E-state index in [0.717, 1.165) is 22.4 Å². The molecule has 0 bridgehead atoms. The molecular weight excluding hydrogens is 502 g/mol. The molecule has 0 heterocycles. The van der Waals surface area contributed by atoms with Gasteiger partial charge in [-0.1, -0.05) is 72.8 Å². The molecule has 0 aliphatic heterocycles.